The molecule has 1 aromatic rings. The highest BCUT2D eigenvalue weighted by atomic mass is 19.4. The first-order valence-corrected chi connectivity index (χ1v) is 7.47. The van der Waals surface area contributed by atoms with Crippen LogP contribution in [0.25, 0.3) is 0 Å². The van der Waals surface area contributed by atoms with E-state index in [0.29, 0.717) is 12.0 Å². The maximum absolute atomic E-state index is 13.0. The zero-order valence-corrected chi connectivity index (χ0v) is 12.1. The first-order chi connectivity index (χ1) is 9.88. The van der Waals surface area contributed by atoms with E-state index in [0.717, 1.165) is 18.9 Å². The van der Waals surface area contributed by atoms with Gasteiger partial charge in [0, 0.05) is 12.6 Å². The second kappa shape index (κ2) is 6.77. The lowest BCUT2D eigenvalue weighted by Gasteiger charge is -2.28. The summed E-state index contributed by atoms with van der Waals surface area (Å²) in [6.07, 6.45) is 1.38. The van der Waals surface area contributed by atoms with Gasteiger partial charge in [-0.1, -0.05) is 25.3 Å². The van der Waals surface area contributed by atoms with Gasteiger partial charge in [0.1, 0.15) is 5.82 Å². The molecule has 1 fully saturated rings. The Morgan fingerprint density at radius 2 is 1.86 bits per heavy atom. The molecule has 0 heterocycles. The van der Waals surface area contributed by atoms with Gasteiger partial charge in [0.15, 0.2) is 0 Å². The molecule has 0 aliphatic heterocycles. The number of halogens is 4. The van der Waals surface area contributed by atoms with Crippen molar-refractivity contribution >= 4 is 0 Å². The summed E-state index contributed by atoms with van der Waals surface area (Å²) in [5, 5.41) is 3.18. The molecule has 1 atom stereocenters. The molecule has 2 rings (SSSR count). The molecule has 1 aromatic carbocycles. The molecular formula is C16H21F4N. The Morgan fingerprint density at radius 1 is 1.19 bits per heavy atom. The van der Waals surface area contributed by atoms with Crippen LogP contribution in [-0.2, 0) is 12.7 Å². The van der Waals surface area contributed by atoms with Gasteiger partial charge in [0.05, 0.1) is 5.56 Å². The quantitative estimate of drug-likeness (QED) is 0.780. The van der Waals surface area contributed by atoms with Gasteiger partial charge in [-0.15, -0.1) is 0 Å². The van der Waals surface area contributed by atoms with Crippen LogP contribution < -0.4 is 5.32 Å². The second-order valence-corrected chi connectivity index (χ2v) is 5.87. The predicted molar refractivity (Wildman–Crippen MR) is 74.3 cm³/mol. The number of rotatable bonds is 4. The molecule has 118 valence electrons. The van der Waals surface area contributed by atoms with Crippen molar-refractivity contribution in [2.24, 2.45) is 5.92 Å². The predicted octanol–water partition coefficient (Wildman–Crippen LogP) is 4.90. The zero-order chi connectivity index (χ0) is 15.5. The van der Waals surface area contributed by atoms with Crippen molar-refractivity contribution < 1.29 is 17.6 Å². The number of benzene rings is 1. The number of hydrogen-bond donors (Lipinski definition) is 1. The van der Waals surface area contributed by atoms with Crippen LogP contribution in [-0.4, -0.2) is 6.04 Å². The van der Waals surface area contributed by atoms with Crippen molar-refractivity contribution in [3.05, 3.63) is 35.1 Å². The molecule has 1 aliphatic rings. The lowest BCUT2D eigenvalue weighted by molar-refractivity contribution is -0.138. The van der Waals surface area contributed by atoms with Crippen molar-refractivity contribution in [3.63, 3.8) is 0 Å². The number of nitrogens with one attached hydrogen (secondary N) is 1. The highest BCUT2D eigenvalue weighted by Crippen LogP contribution is 2.33. The van der Waals surface area contributed by atoms with E-state index in [4.69, 9.17) is 0 Å². The highest BCUT2D eigenvalue weighted by molar-refractivity contribution is 5.30. The number of alkyl halides is 3. The Balaban J connectivity index is 2.02. The lowest BCUT2D eigenvalue weighted by atomic mass is 9.84. The molecule has 5 heteroatoms. The van der Waals surface area contributed by atoms with E-state index >= 15 is 0 Å². The molecule has 0 unspecified atom stereocenters. The summed E-state index contributed by atoms with van der Waals surface area (Å²) in [7, 11) is 0. The van der Waals surface area contributed by atoms with E-state index < -0.39 is 17.6 Å². The third kappa shape index (κ3) is 4.43. The van der Waals surface area contributed by atoms with Gasteiger partial charge in [-0.25, -0.2) is 4.39 Å². The smallest absolute Gasteiger partial charge is 0.310 e. The maximum atomic E-state index is 13.0. The van der Waals surface area contributed by atoms with E-state index in [1.165, 1.54) is 25.3 Å². The van der Waals surface area contributed by atoms with Crippen molar-refractivity contribution in [2.45, 2.75) is 57.8 Å². The average Bonchev–Trinajstić information content (AvgIpc) is 2.45. The van der Waals surface area contributed by atoms with E-state index in [9.17, 15) is 17.6 Å². The fourth-order valence-corrected chi connectivity index (χ4v) is 3.04. The summed E-state index contributed by atoms with van der Waals surface area (Å²) in [6, 6.07) is 3.05. The van der Waals surface area contributed by atoms with Crippen LogP contribution in [0.1, 0.15) is 50.2 Å². The Hall–Kier alpha value is -1.10. The van der Waals surface area contributed by atoms with Crippen LogP contribution in [0.3, 0.4) is 0 Å². The Kier molecular flexibility index (Phi) is 5.25. The van der Waals surface area contributed by atoms with Crippen molar-refractivity contribution in [1.82, 2.24) is 5.32 Å². The van der Waals surface area contributed by atoms with E-state index in [1.807, 2.05) is 6.92 Å². The van der Waals surface area contributed by atoms with Gasteiger partial charge in [-0.3, -0.25) is 0 Å². The fraction of sp³-hybridized carbons (Fsp3) is 0.625. The molecular weight excluding hydrogens is 282 g/mol. The molecule has 0 radical (unpaired) electrons. The SMILES string of the molecule is C[C@H](NCc1ccc(F)cc1C(F)(F)F)C1CCCCC1. The Bertz CT molecular complexity index is 464. The Morgan fingerprint density at radius 3 is 2.48 bits per heavy atom. The topological polar surface area (TPSA) is 12.0 Å². The second-order valence-electron chi connectivity index (χ2n) is 5.87. The monoisotopic (exact) mass is 303 g/mol. The van der Waals surface area contributed by atoms with Crippen LogP contribution in [0.5, 0.6) is 0 Å². The van der Waals surface area contributed by atoms with Gasteiger partial charge in [-0.2, -0.15) is 13.2 Å². The lowest BCUT2D eigenvalue weighted by Crippen LogP contribution is -2.34. The highest BCUT2D eigenvalue weighted by Gasteiger charge is 2.33. The summed E-state index contributed by atoms with van der Waals surface area (Å²) < 4.78 is 51.8. The first-order valence-electron chi connectivity index (χ1n) is 7.47. The van der Waals surface area contributed by atoms with Crippen LogP contribution in [0.2, 0.25) is 0 Å². The maximum Gasteiger partial charge on any atom is 0.416 e. The van der Waals surface area contributed by atoms with E-state index in [-0.39, 0.29) is 18.2 Å². The summed E-state index contributed by atoms with van der Waals surface area (Å²) in [4.78, 5) is 0. The fourth-order valence-electron chi connectivity index (χ4n) is 3.04. The van der Waals surface area contributed by atoms with Gasteiger partial charge in [0.25, 0.3) is 0 Å². The van der Waals surface area contributed by atoms with Crippen LogP contribution >= 0.6 is 0 Å². The largest absolute Gasteiger partial charge is 0.416 e. The first kappa shape index (κ1) is 16.3. The van der Waals surface area contributed by atoms with Gasteiger partial charge in [0.2, 0.25) is 0 Å². The Labute approximate surface area is 122 Å². The van der Waals surface area contributed by atoms with E-state index in [2.05, 4.69) is 5.32 Å². The van der Waals surface area contributed by atoms with Gasteiger partial charge < -0.3 is 5.32 Å². The van der Waals surface area contributed by atoms with Crippen LogP contribution in [0, 0.1) is 11.7 Å². The van der Waals surface area contributed by atoms with E-state index in [1.54, 1.807) is 0 Å². The van der Waals surface area contributed by atoms with Crippen molar-refractivity contribution in [3.8, 4) is 0 Å². The molecule has 1 saturated carbocycles. The molecule has 1 aliphatic carbocycles. The number of hydrogen-bond acceptors (Lipinski definition) is 1. The third-order valence-corrected chi connectivity index (χ3v) is 4.35. The van der Waals surface area contributed by atoms with Crippen molar-refractivity contribution in [1.29, 1.82) is 0 Å². The zero-order valence-electron chi connectivity index (χ0n) is 12.1. The summed E-state index contributed by atoms with van der Waals surface area (Å²) >= 11 is 0. The molecule has 0 spiro atoms. The molecule has 0 amide bonds. The minimum absolute atomic E-state index is 0.103. The average molecular weight is 303 g/mol. The molecule has 1 nitrogen and oxygen atoms in total. The summed E-state index contributed by atoms with van der Waals surface area (Å²) in [5.74, 6) is -0.333. The van der Waals surface area contributed by atoms with Crippen LogP contribution in [0.15, 0.2) is 18.2 Å². The molecule has 0 bridgehead atoms. The van der Waals surface area contributed by atoms with Gasteiger partial charge >= 0.3 is 6.18 Å². The summed E-state index contributed by atoms with van der Waals surface area (Å²) in [6.45, 7) is 2.14. The molecule has 0 saturated heterocycles. The van der Waals surface area contributed by atoms with Gasteiger partial charge in [-0.05, 0) is 43.4 Å². The summed E-state index contributed by atoms with van der Waals surface area (Å²) in [5.41, 5.74) is -0.780. The molecule has 1 N–H and O–H groups in total. The normalized spacial score (nSPS) is 18.7. The standard InChI is InChI=1S/C16H21F4N/c1-11(12-5-3-2-4-6-12)21-10-13-7-8-14(17)9-15(13)16(18,19)20/h7-9,11-12,21H,2-6,10H2,1H3/t11-/m0/s1. The minimum Gasteiger partial charge on any atom is -0.310 e. The molecule has 0 aromatic heterocycles. The molecule has 21 heavy (non-hydrogen) atoms. The van der Waals surface area contributed by atoms with Crippen molar-refractivity contribution in [2.75, 3.05) is 0 Å². The third-order valence-electron chi connectivity index (χ3n) is 4.35. The van der Waals surface area contributed by atoms with Crippen LogP contribution in [0.4, 0.5) is 17.6 Å². The minimum atomic E-state index is -4.52.